The number of azo groups is 3. The molecule has 0 bridgehead atoms. The van der Waals surface area contributed by atoms with Gasteiger partial charge in [0, 0.05) is 85.0 Å². The molecule has 71 heavy (non-hydrogen) atoms. The lowest BCUT2D eigenvalue weighted by atomic mass is 10.1. The zero-order chi connectivity index (χ0) is 49.8. The molecular weight excluding hydrogens is 895 g/mol. The SMILES string of the molecule is C#Cc1ccc2cnc(N)c(N=Nc3ccc(C(N)=Nc4nc(N)c(N=Nc5ccc(C(=N)Nc6cc(C)cc7c(N=Nc8ccc(C(=N)N)cn8)c(N)ncc67)nc5)c5cc(C#C)ccc45)cn3)c2c1. The molecule has 0 saturated carbocycles. The van der Waals surface area contributed by atoms with Crippen LogP contribution in [0.5, 0.6) is 0 Å². The molecule has 0 aliphatic heterocycles. The van der Waals surface area contributed by atoms with Crippen LogP contribution < -0.4 is 34.0 Å². The predicted octanol–water partition coefficient (Wildman–Crippen LogP) is 9.54. The summed E-state index contributed by atoms with van der Waals surface area (Å²) in [5.41, 5.74) is 36.1. The summed E-state index contributed by atoms with van der Waals surface area (Å²) in [6, 6.07) is 24.2. The highest BCUT2D eigenvalue weighted by molar-refractivity contribution is 6.12. The maximum atomic E-state index is 8.90. The molecule has 21 heteroatoms. The topological polar surface area (TPSA) is 354 Å². The minimum Gasteiger partial charge on any atom is -0.384 e. The quantitative estimate of drug-likeness (QED) is 0.0260. The van der Waals surface area contributed by atoms with Crippen molar-refractivity contribution in [2.45, 2.75) is 6.92 Å². The van der Waals surface area contributed by atoms with E-state index in [-0.39, 0.29) is 58.1 Å². The van der Waals surface area contributed by atoms with E-state index in [1.807, 2.05) is 25.1 Å². The summed E-state index contributed by atoms with van der Waals surface area (Å²) >= 11 is 0. The molecule has 0 radical (unpaired) electrons. The van der Waals surface area contributed by atoms with E-state index < -0.39 is 0 Å². The number of nitrogens with zero attached hydrogens (tertiary/aromatic N) is 13. The van der Waals surface area contributed by atoms with Crippen LogP contribution >= 0.6 is 0 Å². The number of aryl methyl sites for hydroxylation is 1. The second-order valence-corrected chi connectivity index (χ2v) is 15.5. The molecule has 0 saturated heterocycles. The molecule has 0 aliphatic carbocycles. The molecule has 6 heterocycles. The van der Waals surface area contributed by atoms with Crippen molar-refractivity contribution in [1.82, 2.24) is 29.9 Å². The number of amidine groups is 3. The largest absolute Gasteiger partial charge is 0.384 e. The summed E-state index contributed by atoms with van der Waals surface area (Å²) in [5.74, 6) is 6.33. The highest BCUT2D eigenvalue weighted by Crippen LogP contribution is 2.39. The number of pyridine rings is 6. The third-order valence-corrected chi connectivity index (χ3v) is 10.7. The van der Waals surface area contributed by atoms with E-state index in [2.05, 4.69) is 82.7 Å². The van der Waals surface area contributed by atoms with E-state index in [9.17, 15) is 0 Å². The number of rotatable bonds is 11. The highest BCUT2D eigenvalue weighted by atomic mass is 15.2. The average Bonchev–Trinajstić information content (AvgIpc) is 3.37. The summed E-state index contributed by atoms with van der Waals surface area (Å²) in [7, 11) is 0. The lowest BCUT2D eigenvalue weighted by Crippen LogP contribution is -2.14. The summed E-state index contributed by atoms with van der Waals surface area (Å²) < 4.78 is 0. The number of benzene rings is 3. The van der Waals surface area contributed by atoms with Gasteiger partial charge in [-0.3, -0.25) is 15.8 Å². The predicted molar refractivity (Wildman–Crippen MR) is 276 cm³/mol. The fourth-order valence-electron chi connectivity index (χ4n) is 7.14. The second-order valence-electron chi connectivity index (χ2n) is 15.5. The van der Waals surface area contributed by atoms with E-state index in [1.54, 1.807) is 79.1 Å². The van der Waals surface area contributed by atoms with Crippen LogP contribution in [0.4, 0.5) is 63.3 Å². The minimum absolute atomic E-state index is 0.00854. The molecule has 9 aromatic rings. The number of hydrogen-bond donors (Lipinski definition) is 8. The van der Waals surface area contributed by atoms with Gasteiger partial charge in [-0.1, -0.05) is 17.9 Å². The van der Waals surface area contributed by atoms with Crippen molar-refractivity contribution in [1.29, 1.82) is 10.8 Å². The van der Waals surface area contributed by atoms with E-state index in [4.69, 9.17) is 52.3 Å². The molecule has 0 amide bonds. The van der Waals surface area contributed by atoms with Crippen molar-refractivity contribution in [3.05, 3.63) is 149 Å². The smallest absolute Gasteiger partial charge is 0.174 e. The molecule has 3 aromatic carbocycles. The Bertz CT molecular complexity index is 3850. The van der Waals surface area contributed by atoms with Gasteiger partial charge in [0.1, 0.15) is 46.0 Å². The zero-order valence-electron chi connectivity index (χ0n) is 37.3. The third-order valence-electron chi connectivity index (χ3n) is 10.7. The molecule has 342 valence electrons. The van der Waals surface area contributed by atoms with Crippen LogP contribution in [0.25, 0.3) is 32.3 Å². The van der Waals surface area contributed by atoms with Crippen LogP contribution in [0.3, 0.4) is 0 Å². The normalized spacial score (nSPS) is 11.7. The molecule has 21 nitrogen and oxygen atoms in total. The second kappa shape index (κ2) is 19.1. The van der Waals surface area contributed by atoms with E-state index >= 15 is 0 Å². The maximum Gasteiger partial charge on any atom is 0.174 e. The third kappa shape index (κ3) is 9.53. The van der Waals surface area contributed by atoms with Gasteiger partial charge in [-0.25, -0.2) is 29.9 Å². The Labute approximate surface area is 403 Å². The first kappa shape index (κ1) is 45.2. The molecule has 13 N–H and O–H groups in total. The van der Waals surface area contributed by atoms with Crippen LogP contribution in [0, 0.1) is 42.4 Å². The van der Waals surface area contributed by atoms with Crippen LogP contribution in [0.2, 0.25) is 0 Å². The fourth-order valence-corrected chi connectivity index (χ4v) is 7.14. The monoisotopic (exact) mass is 931 g/mol. The first-order valence-electron chi connectivity index (χ1n) is 21.1. The number of nitrogen functional groups attached to an aromatic ring is 4. The van der Waals surface area contributed by atoms with Crippen LogP contribution in [0.1, 0.15) is 33.5 Å². The summed E-state index contributed by atoms with van der Waals surface area (Å²) in [5, 5.41) is 49.5. The van der Waals surface area contributed by atoms with Crippen molar-refractivity contribution in [3.8, 4) is 24.7 Å². The summed E-state index contributed by atoms with van der Waals surface area (Å²) in [4.78, 5) is 30.8. The first-order chi connectivity index (χ1) is 34.3. The lowest BCUT2D eigenvalue weighted by Gasteiger charge is -2.13. The molecule has 6 aromatic heterocycles. The average molecular weight is 932 g/mol. The molecule has 0 fully saturated rings. The van der Waals surface area contributed by atoms with Gasteiger partial charge in [-0.2, -0.15) is 0 Å². The van der Waals surface area contributed by atoms with Gasteiger partial charge in [0.05, 0.1) is 6.20 Å². The van der Waals surface area contributed by atoms with Gasteiger partial charge >= 0.3 is 0 Å². The molecule has 0 unspecified atom stereocenters. The number of hydrogen-bond acceptors (Lipinski definition) is 18. The molecule has 0 atom stereocenters. The van der Waals surface area contributed by atoms with Gasteiger partial charge < -0.3 is 34.0 Å². The Hall–Kier alpha value is -10.9. The lowest BCUT2D eigenvalue weighted by molar-refractivity contribution is 1.15. The van der Waals surface area contributed by atoms with Gasteiger partial charge in [-0.05, 0) is 91.3 Å². The number of nitrogens with one attached hydrogen (secondary N) is 3. The van der Waals surface area contributed by atoms with Crippen LogP contribution in [-0.2, 0) is 0 Å². The fraction of sp³-hybridized carbons (Fsp3) is 0.0200. The highest BCUT2D eigenvalue weighted by Gasteiger charge is 2.17. The zero-order valence-corrected chi connectivity index (χ0v) is 37.3. The number of aliphatic imine (C=N–C) groups is 1. The van der Waals surface area contributed by atoms with Crippen molar-refractivity contribution < 1.29 is 0 Å². The minimum atomic E-state index is -0.113. The molecular formula is C50H37N21. The Morgan fingerprint density at radius 2 is 1.18 bits per heavy atom. The van der Waals surface area contributed by atoms with Crippen LogP contribution in [-0.4, -0.2) is 47.4 Å². The van der Waals surface area contributed by atoms with Crippen molar-refractivity contribution >= 4 is 113 Å². The number of fused-ring (bicyclic) bond motifs is 3. The standard InChI is InChI=1S/C50H37N21/c1-4-26-6-8-28-20-61-47(55)41(33(28)18-26)70-67-40-15-10-30(22-60-40)45(53)64-50-32-12-7-27(5-2)19-35(32)43(49(57)65-50)69-66-31-11-13-37(58-23-31)46(54)63-38-17-25(3)16-34-36(38)24-62-48(56)42(34)71-68-39-14-9-29(21-59-39)44(51)52/h1-2,6-24H,3H3,(H3,51,52)(H2,54,63)(H2,55,61)(H2,56,62)(H4,53,57,64,65). The van der Waals surface area contributed by atoms with E-state index in [0.29, 0.717) is 77.6 Å². The first-order valence-corrected chi connectivity index (χ1v) is 21.1. The summed E-state index contributed by atoms with van der Waals surface area (Å²) in [6.07, 6.45) is 19.0. The van der Waals surface area contributed by atoms with Gasteiger partial charge in [0.2, 0.25) is 0 Å². The van der Waals surface area contributed by atoms with E-state index in [0.717, 1.165) is 10.9 Å². The van der Waals surface area contributed by atoms with Crippen molar-refractivity contribution in [2.24, 2.45) is 47.1 Å². The van der Waals surface area contributed by atoms with Crippen molar-refractivity contribution in [2.75, 3.05) is 22.5 Å². The van der Waals surface area contributed by atoms with E-state index in [1.165, 1.54) is 18.6 Å². The number of anilines is 4. The maximum absolute atomic E-state index is 8.90. The Morgan fingerprint density at radius 1 is 0.563 bits per heavy atom. The Morgan fingerprint density at radius 3 is 1.83 bits per heavy atom. The Balaban J connectivity index is 0.929. The summed E-state index contributed by atoms with van der Waals surface area (Å²) in [6.45, 7) is 1.90. The number of nitrogens with two attached hydrogens (primary N) is 5. The van der Waals surface area contributed by atoms with Crippen molar-refractivity contribution in [3.63, 3.8) is 0 Å². The van der Waals surface area contributed by atoms with Gasteiger partial charge in [0.25, 0.3) is 0 Å². The molecule has 0 spiro atoms. The molecule has 9 rings (SSSR count). The van der Waals surface area contributed by atoms with Gasteiger partial charge in [0.15, 0.2) is 34.9 Å². The van der Waals surface area contributed by atoms with Crippen LogP contribution in [0.15, 0.2) is 152 Å². The van der Waals surface area contributed by atoms with Gasteiger partial charge in [-0.15, -0.1) is 43.5 Å². The number of terminal acetylenes is 2. The Kier molecular flexibility index (Phi) is 12.2. The number of aromatic nitrogens is 6. The molecule has 0 aliphatic rings.